The minimum absolute atomic E-state index is 0.00710. The molecule has 166 valence electrons. The van der Waals surface area contributed by atoms with E-state index >= 15 is 0 Å². The highest BCUT2D eigenvalue weighted by molar-refractivity contribution is 7.16. The summed E-state index contributed by atoms with van der Waals surface area (Å²) >= 11 is 1.29. The second-order valence-corrected chi connectivity index (χ2v) is 8.82. The quantitative estimate of drug-likeness (QED) is 0.554. The van der Waals surface area contributed by atoms with E-state index in [1.807, 2.05) is 38.1 Å². The Morgan fingerprint density at radius 2 is 1.78 bits per heavy atom. The van der Waals surface area contributed by atoms with E-state index < -0.39 is 12.0 Å². The van der Waals surface area contributed by atoms with Crippen molar-refractivity contribution < 1.29 is 19.1 Å². The van der Waals surface area contributed by atoms with Gasteiger partial charge >= 0.3 is 5.97 Å². The van der Waals surface area contributed by atoms with Gasteiger partial charge in [-0.1, -0.05) is 36.0 Å². The summed E-state index contributed by atoms with van der Waals surface area (Å²) in [6.07, 6.45) is 1.49. The van der Waals surface area contributed by atoms with Crippen LogP contribution in [0.4, 0.5) is 0 Å². The third-order valence-electron chi connectivity index (χ3n) is 5.68. The van der Waals surface area contributed by atoms with Gasteiger partial charge in [0.1, 0.15) is 6.04 Å². The number of fused-ring (bicyclic) bond motifs is 1. The molecule has 0 aliphatic carbocycles. The lowest BCUT2D eigenvalue weighted by molar-refractivity contribution is -0.144. The number of methoxy groups -OCH3 is 1. The van der Waals surface area contributed by atoms with E-state index in [-0.39, 0.29) is 11.8 Å². The number of carbonyl (C=O) groups excluding carboxylic acids is 3. The van der Waals surface area contributed by atoms with Crippen LogP contribution in [-0.2, 0) is 9.53 Å². The van der Waals surface area contributed by atoms with Crippen LogP contribution in [0.3, 0.4) is 0 Å². The first-order valence-electron chi connectivity index (χ1n) is 10.6. The number of likely N-dealkylation sites (tertiary alicyclic amines) is 1. The Hall–Kier alpha value is -3.26. The Bertz CT molecular complexity index is 1250. The average Bonchev–Trinajstić information content (AvgIpc) is 3.10. The lowest BCUT2D eigenvalue weighted by Crippen LogP contribution is -2.41. The van der Waals surface area contributed by atoms with Gasteiger partial charge in [-0.05, 0) is 50.1 Å². The first kappa shape index (κ1) is 22.0. The Morgan fingerprint density at radius 3 is 2.38 bits per heavy atom. The first-order valence-corrected chi connectivity index (χ1v) is 11.4. The van der Waals surface area contributed by atoms with Crippen molar-refractivity contribution in [2.24, 2.45) is 4.99 Å². The van der Waals surface area contributed by atoms with Crippen molar-refractivity contribution >= 4 is 39.3 Å². The van der Waals surface area contributed by atoms with Crippen molar-refractivity contribution in [3.63, 3.8) is 0 Å². The van der Waals surface area contributed by atoms with Gasteiger partial charge in [-0.25, -0.2) is 4.79 Å². The van der Waals surface area contributed by atoms with E-state index in [0.29, 0.717) is 22.3 Å². The van der Waals surface area contributed by atoms with Crippen LogP contribution in [0.2, 0.25) is 0 Å². The summed E-state index contributed by atoms with van der Waals surface area (Å²) in [6, 6.07) is 12.0. The fraction of sp³-hybridized carbons (Fsp3) is 0.333. The predicted octanol–water partition coefficient (Wildman–Crippen LogP) is 3.72. The number of hydrogen-bond donors (Lipinski definition) is 0. The number of carbonyl (C=O) groups is 3. The molecule has 1 saturated heterocycles. The number of rotatable bonds is 5. The van der Waals surface area contributed by atoms with Crippen molar-refractivity contribution in [2.75, 3.05) is 20.2 Å². The van der Waals surface area contributed by atoms with Gasteiger partial charge in [-0.15, -0.1) is 0 Å². The summed E-state index contributed by atoms with van der Waals surface area (Å²) in [4.78, 5) is 44.6. The van der Waals surface area contributed by atoms with E-state index in [4.69, 9.17) is 4.74 Å². The minimum Gasteiger partial charge on any atom is -0.467 e. The molecule has 1 aromatic heterocycles. The van der Waals surface area contributed by atoms with Crippen LogP contribution in [0.25, 0.3) is 10.2 Å². The van der Waals surface area contributed by atoms with Gasteiger partial charge in [0.25, 0.3) is 11.8 Å². The molecule has 1 aliphatic heterocycles. The van der Waals surface area contributed by atoms with Crippen molar-refractivity contribution in [1.82, 2.24) is 9.47 Å². The number of ether oxygens (including phenoxy) is 1. The van der Waals surface area contributed by atoms with Crippen LogP contribution in [0.15, 0.2) is 47.5 Å². The first-order chi connectivity index (χ1) is 15.4. The van der Waals surface area contributed by atoms with Crippen molar-refractivity contribution in [3.8, 4) is 0 Å². The topological polar surface area (TPSA) is 81.0 Å². The molecule has 7 nitrogen and oxygen atoms in total. The number of aromatic nitrogens is 1. The maximum absolute atomic E-state index is 12.9. The zero-order valence-electron chi connectivity index (χ0n) is 18.3. The maximum Gasteiger partial charge on any atom is 0.328 e. The van der Waals surface area contributed by atoms with Crippen LogP contribution in [0.5, 0.6) is 0 Å². The van der Waals surface area contributed by atoms with Crippen molar-refractivity contribution in [1.29, 1.82) is 0 Å². The number of amides is 2. The average molecular weight is 452 g/mol. The van der Waals surface area contributed by atoms with E-state index in [0.717, 1.165) is 35.3 Å². The van der Waals surface area contributed by atoms with Crippen LogP contribution in [0, 0.1) is 6.92 Å². The summed E-state index contributed by atoms with van der Waals surface area (Å²) in [7, 11) is 1.35. The molecule has 32 heavy (non-hydrogen) atoms. The third-order valence-corrected chi connectivity index (χ3v) is 6.70. The highest BCUT2D eigenvalue weighted by Gasteiger charge is 2.26. The number of nitrogens with zero attached hydrogens (tertiary/aromatic N) is 3. The highest BCUT2D eigenvalue weighted by atomic mass is 32.1. The van der Waals surface area contributed by atoms with E-state index in [9.17, 15) is 14.4 Å². The molecule has 8 heteroatoms. The second kappa shape index (κ2) is 9.08. The summed E-state index contributed by atoms with van der Waals surface area (Å²) in [5, 5.41) is 0. The molecule has 0 bridgehead atoms. The SMILES string of the molecule is CCC(C(=O)OC)n1/c(=N/C(=O)c2ccc(C)cc2)sc2cc(C(=O)N3CCC3)ccc21. The fourth-order valence-electron chi connectivity index (χ4n) is 3.70. The lowest BCUT2D eigenvalue weighted by Gasteiger charge is -2.30. The Kier molecular flexibility index (Phi) is 6.23. The Labute approximate surface area is 190 Å². The van der Waals surface area contributed by atoms with Gasteiger partial charge in [0.2, 0.25) is 0 Å². The second-order valence-electron chi connectivity index (χ2n) is 7.81. The predicted molar refractivity (Wildman–Crippen MR) is 123 cm³/mol. The highest BCUT2D eigenvalue weighted by Crippen LogP contribution is 2.26. The van der Waals surface area contributed by atoms with E-state index in [2.05, 4.69) is 4.99 Å². The lowest BCUT2D eigenvalue weighted by atomic mass is 10.1. The van der Waals surface area contributed by atoms with Gasteiger partial charge in [0, 0.05) is 24.2 Å². The van der Waals surface area contributed by atoms with E-state index in [1.165, 1.54) is 18.4 Å². The third kappa shape index (κ3) is 4.10. The molecule has 1 fully saturated rings. The minimum atomic E-state index is -0.629. The molecule has 2 heterocycles. The molecular weight excluding hydrogens is 426 g/mol. The van der Waals surface area contributed by atoms with Crippen LogP contribution in [-0.4, -0.2) is 47.4 Å². The Balaban J connectivity index is 1.85. The van der Waals surface area contributed by atoms with Gasteiger partial charge in [-0.3, -0.25) is 9.59 Å². The van der Waals surface area contributed by atoms with Crippen LogP contribution < -0.4 is 4.80 Å². The van der Waals surface area contributed by atoms with Gasteiger partial charge in [-0.2, -0.15) is 4.99 Å². The molecule has 0 saturated carbocycles. The maximum atomic E-state index is 12.9. The number of thiazole rings is 1. The molecule has 4 rings (SSSR count). The zero-order chi connectivity index (χ0) is 22.8. The molecule has 2 aromatic carbocycles. The fourth-order valence-corrected chi connectivity index (χ4v) is 4.80. The number of esters is 1. The van der Waals surface area contributed by atoms with Crippen molar-refractivity contribution in [3.05, 3.63) is 64.0 Å². The van der Waals surface area contributed by atoms with Crippen molar-refractivity contribution in [2.45, 2.75) is 32.7 Å². The standard InChI is InChI=1S/C24H25N3O4S/c1-4-18(23(30)31-3)27-19-11-10-17(22(29)26-12-5-13-26)14-20(19)32-24(27)25-21(28)16-8-6-15(2)7-9-16/h6-11,14,18H,4-5,12-13H2,1-3H3/b25-24-. The molecule has 0 radical (unpaired) electrons. The molecule has 2 amide bonds. The molecule has 0 N–H and O–H groups in total. The molecule has 1 unspecified atom stereocenters. The molecular formula is C24H25N3O4S. The number of benzene rings is 2. The van der Waals surface area contributed by atoms with Gasteiger partial charge in [0.05, 0.1) is 17.3 Å². The smallest absolute Gasteiger partial charge is 0.328 e. The Morgan fingerprint density at radius 1 is 1.09 bits per heavy atom. The summed E-state index contributed by atoms with van der Waals surface area (Å²) < 4.78 is 7.54. The molecule has 0 spiro atoms. The van der Waals surface area contributed by atoms with Crippen LogP contribution in [0.1, 0.15) is 52.1 Å². The van der Waals surface area contributed by atoms with Gasteiger partial charge in [0.15, 0.2) is 4.80 Å². The summed E-state index contributed by atoms with van der Waals surface area (Å²) in [6.45, 7) is 5.37. The van der Waals surface area contributed by atoms with Gasteiger partial charge < -0.3 is 14.2 Å². The number of aryl methyl sites for hydroxylation is 1. The monoisotopic (exact) mass is 451 g/mol. The normalized spacial score (nSPS) is 14.8. The number of hydrogen-bond acceptors (Lipinski definition) is 5. The molecule has 1 atom stereocenters. The van der Waals surface area contributed by atoms with Crippen LogP contribution >= 0.6 is 11.3 Å². The zero-order valence-corrected chi connectivity index (χ0v) is 19.1. The summed E-state index contributed by atoms with van der Waals surface area (Å²) in [5.74, 6) is -0.800. The molecule has 1 aliphatic rings. The van der Waals surface area contributed by atoms with E-state index in [1.54, 1.807) is 27.7 Å². The summed E-state index contributed by atoms with van der Waals surface area (Å²) in [5.41, 5.74) is 2.85. The molecule has 3 aromatic rings. The largest absolute Gasteiger partial charge is 0.467 e.